The molecule has 446 valence electrons. The summed E-state index contributed by atoms with van der Waals surface area (Å²) in [6.07, 6.45) is 3.63. The summed E-state index contributed by atoms with van der Waals surface area (Å²) in [6, 6.07) is 101. The predicted octanol–water partition coefficient (Wildman–Crippen LogP) is 23.1. The molecule has 93 heavy (non-hydrogen) atoms. The van der Waals surface area contributed by atoms with Gasteiger partial charge in [-0.15, -0.1) is 0 Å². The first kappa shape index (κ1) is 56.6. The number of hydrogen-bond acceptors (Lipinski definition) is 4. The zero-order chi connectivity index (χ0) is 63.0. The van der Waals surface area contributed by atoms with E-state index in [1.807, 2.05) is 121 Å². The highest BCUT2D eigenvalue weighted by Gasteiger charge is 2.49. The maximum absolute atomic E-state index is 15.4. The second kappa shape index (κ2) is 22.4. The number of ether oxygens (including phenoxy) is 3. The third-order valence-corrected chi connectivity index (χ3v) is 19.3. The minimum absolute atomic E-state index is 0.252. The van der Waals surface area contributed by atoms with Crippen molar-refractivity contribution in [1.29, 1.82) is 0 Å². The first-order valence-corrected chi connectivity index (χ1v) is 31.4. The van der Waals surface area contributed by atoms with Gasteiger partial charge in [-0.2, -0.15) is 0 Å². The molecule has 6 heteroatoms. The number of nitrogens with zero attached hydrogens (tertiary/aromatic N) is 1. The van der Waals surface area contributed by atoms with Gasteiger partial charge in [-0.05, 0) is 210 Å². The van der Waals surface area contributed by atoms with Gasteiger partial charge < -0.3 is 19.1 Å². The van der Waals surface area contributed by atoms with Crippen LogP contribution in [0.4, 0.5) is 25.8 Å². The van der Waals surface area contributed by atoms with E-state index in [1.165, 1.54) is 0 Å². The van der Waals surface area contributed by atoms with Gasteiger partial charge in [0.15, 0.2) is 0 Å². The Balaban J connectivity index is 0.887. The van der Waals surface area contributed by atoms with E-state index in [1.54, 1.807) is 24.3 Å². The van der Waals surface area contributed by atoms with Gasteiger partial charge in [-0.3, -0.25) is 0 Å². The normalized spacial score (nSPS) is 15.9. The van der Waals surface area contributed by atoms with Crippen LogP contribution in [0.25, 0.3) is 45.5 Å². The van der Waals surface area contributed by atoms with E-state index in [-0.39, 0.29) is 17.0 Å². The minimum Gasteiger partial charge on any atom is -0.457 e. The third kappa shape index (κ3) is 9.31. The van der Waals surface area contributed by atoms with Crippen molar-refractivity contribution in [2.24, 2.45) is 0 Å². The number of hydrogen-bond donors (Lipinski definition) is 0. The number of para-hydroxylation sites is 1. The van der Waals surface area contributed by atoms with Gasteiger partial charge in [0.25, 0.3) is 0 Å². The zero-order valence-electron chi connectivity index (χ0n) is 51.3. The molecule has 0 spiro atoms. The monoisotopic (exact) mass is 1210 g/mol. The Morgan fingerprint density at radius 1 is 0.333 bits per heavy atom. The molecule has 4 nitrogen and oxygen atoms in total. The molecule has 0 amide bonds. The molecular weight excluding hydrogens is 1140 g/mol. The summed E-state index contributed by atoms with van der Waals surface area (Å²) in [7, 11) is 0. The summed E-state index contributed by atoms with van der Waals surface area (Å²) in [5.74, 6) is 3.86. The molecular formula is C87H61F2NO3. The lowest BCUT2D eigenvalue weighted by atomic mass is 9.67. The summed E-state index contributed by atoms with van der Waals surface area (Å²) < 4.78 is 50.3. The molecule has 3 aliphatic rings. The molecule has 1 aliphatic heterocycles. The quantitative estimate of drug-likeness (QED) is 0.109. The molecule has 2 unspecified atom stereocenters. The van der Waals surface area contributed by atoms with Crippen LogP contribution in [0.3, 0.4) is 0 Å². The van der Waals surface area contributed by atoms with Crippen molar-refractivity contribution < 1.29 is 23.0 Å². The first-order valence-electron chi connectivity index (χ1n) is 31.4. The Labute approximate surface area is 540 Å². The summed E-state index contributed by atoms with van der Waals surface area (Å²) in [5.41, 5.74) is 19.4. The molecule has 0 radical (unpaired) electrons. The van der Waals surface area contributed by atoms with E-state index in [2.05, 4.69) is 196 Å². The Kier molecular flexibility index (Phi) is 13.6. The third-order valence-electron chi connectivity index (χ3n) is 19.3. The van der Waals surface area contributed by atoms with Gasteiger partial charge in [0, 0.05) is 33.6 Å². The van der Waals surface area contributed by atoms with Crippen molar-refractivity contribution in [3.8, 4) is 67.9 Å². The molecule has 1 heterocycles. The molecule has 0 saturated carbocycles. The minimum atomic E-state index is -0.916. The number of anilines is 3. The van der Waals surface area contributed by atoms with Gasteiger partial charge in [-0.25, -0.2) is 8.78 Å². The average Bonchev–Trinajstić information content (AvgIpc) is 1.56. The molecule has 0 saturated heterocycles. The van der Waals surface area contributed by atoms with E-state index >= 15 is 8.78 Å². The van der Waals surface area contributed by atoms with Crippen LogP contribution in [0.1, 0.15) is 80.6 Å². The van der Waals surface area contributed by atoms with E-state index in [0.29, 0.717) is 23.0 Å². The smallest absolute Gasteiger partial charge is 0.132 e. The van der Waals surface area contributed by atoms with Crippen molar-refractivity contribution in [2.45, 2.75) is 30.1 Å². The van der Waals surface area contributed by atoms with Gasteiger partial charge >= 0.3 is 0 Å². The maximum atomic E-state index is 15.4. The highest BCUT2D eigenvalue weighted by Crippen LogP contribution is 2.60. The SMILES string of the molecule is C=Cc1ccc(Oc2ccc(C3(c4ccc(F)cc4)c4ccccc4-c4ccc(N(c5ccc(-c6ccc7c(c6)Oc6ccccc6C7(C)C)cc5)c5ccc6c(c5)C(c5ccc(F)cc5)(c5ccc(Oc7ccc(C=C)cc7)cc5)c5ccccc5-6)cc43)cc2)cc1. The summed E-state index contributed by atoms with van der Waals surface area (Å²) in [4.78, 5) is 2.35. The average molecular weight is 1210 g/mol. The largest absolute Gasteiger partial charge is 0.457 e. The van der Waals surface area contributed by atoms with Crippen molar-refractivity contribution in [3.63, 3.8) is 0 Å². The number of halogens is 2. The molecule has 13 aromatic rings. The van der Waals surface area contributed by atoms with Gasteiger partial charge in [-0.1, -0.05) is 215 Å². The lowest BCUT2D eigenvalue weighted by molar-refractivity contribution is 0.418. The van der Waals surface area contributed by atoms with Crippen molar-refractivity contribution in [3.05, 3.63) is 389 Å². The van der Waals surface area contributed by atoms with Gasteiger partial charge in [0.05, 0.1) is 10.8 Å². The van der Waals surface area contributed by atoms with Crippen LogP contribution in [0.15, 0.2) is 310 Å². The molecule has 2 aliphatic carbocycles. The van der Waals surface area contributed by atoms with Crippen LogP contribution in [0.5, 0.6) is 34.5 Å². The Hall–Kier alpha value is -11.6. The highest BCUT2D eigenvalue weighted by molar-refractivity contribution is 5.93. The number of benzene rings is 13. The molecule has 2 atom stereocenters. The lowest BCUT2D eigenvalue weighted by Gasteiger charge is -2.36. The Morgan fingerprint density at radius 2 is 0.699 bits per heavy atom. The van der Waals surface area contributed by atoms with E-state index in [9.17, 15) is 0 Å². The fourth-order valence-electron chi connectivity index (χ4n) is 14.8. The summed E-state index contributed by atoms with van der Waals surface area (Å²) in [5, 5.41) is 0. The lowest BCUT2D eigenvalue weighted by Crippen LogP contribution is -2.29. The van der Waals surface area contributed by atoms with Crippen molar-refractivity contribution >= 4 is 29.2 Å². The fourth-order valence-corrected chi connectivity index (χ4v) is 14.8. The summed E-state index contributed by atoms with van der Waals surface area (Å²) >= 11 is 0. The molecule has 0 bridgehead atoms. The first-order chi connectivity index (χ1) is 45.5. The van der Waals surface area contributed by atoms with Crippen LogP contribution < -0.4 is 19.1 Å². The Morgan fingerprint density at radius 3 is 1.15 bits per heavy atom. The van der Waals surface area contributed by atoms with E-state index in [4.69, 9.17) is 14.2 Å². The second-order valence-electron chi connectivity index (χ2n) is 24.7. The second-order valence-corrected chi connectivity index (χ2v) is 24.7. The standard InChI is InChI=1S/C87H61F2NO3/c1-5-56-19-42-69(43-20-56)91-71-46-30-62(31-47-71)86(60-26-34-64(88)35-27-60)77-15-9-7-13-73(77)75-50-40-67(54-81(75)86)90(66-38-23-58(24-39-66)59-25-52-80-84(53-59)93-83-18-12-11-17-79(83)85(80,3)4)68-41-51-76-74-14-8-10-16-78(74)87(82(76)55-68,61-28-36-65(89)37-29-61)63-32-48-72(49-33-63)92-70-44-21-57(6-2)22-45-70/h5-55H,1-2H2,3-4H3. The number of rotatable bonds is 14. The maximum Gasteiger partial charge on any atom is 0.132 e. The van der Waals surface area contributed by atoms with Gasteiger partial charge in [0.1, 0.15) is 46.1 Å². The molecule has 13 aromatic carbocycles. The Bertz CT molecular complexity index is 4810. The van der Waals surface area contributed by atoms with E-state index < -0.39 is 10.8 Å². The highest BCUT2D eigenvalue weighted by atomic mass is 19.1. The zero-order valence-corrected chi connectivity index (χ0v) is 51.3. The van der Waals surface area contributed by atoms with Crippen LogP contribution in [0.2, 0.25) is 0 Å². The van der Waals surface area contributed by atoms with Crippen LogP contribution in [-0.4, -0.2) is 0 Å². The van der Waals surface area contributed by atoms with E-state index in [0.717, 1.165) is 129 Å². The van der Waals surface area contributed by atoms with Crippen molar-refractivity contribution in [2.75, 3.05) is 4.90 Å². The molecule has 16 rings (SSSR count). The predicted molar refractivity (Wildman–Crippen MR) is 373 cm³/mol. The topological polar surface area (TPSA) is 30.9 Å². The van der Waals surface area contributed by atoms with Crippen LogP contribution in [0, 0.1) is 11.6 Å². The van der Waals surface area contributed by atoms with Crippen LogP contribution in [-0.2, 0) is 16.2 Å². The van der Waals surface area contributed by atoms with Crippen molar-refractivity contribution in [1.82, 2.24) is 0 Å². The molecule has 0 N–H and O–H groups in total. The summed E-state index contributed by atoms with van der Waals surface area (Å²) in [6.45, 7) is 12.4. The van der Waals surface area contributed by atoms with Gasteiger partial charge in [0.2, 0.25) is 0 Å². The fraction of sp³-hybridized carbons (Fsp3) is 0.0575. The number of fused-ring (bicyclic) bond motifs is 8. The molecule has 0 fully saturated rings. The van der Waals surface area contributed by atoms with Crippen LogP contribution >= 0.6 is 0 Å². The molecule has 0 aromatic heterocycles.